The molecular formula is C7H14F2O. The Morgan fingerprint density at radius 3 is 2.20 bits per heavy atom. The number of halogens is 2. The molecule has 0 aromatic heterocycles. The third-order valence-corrected chi connectivity index (χ3v) is 1.59. The van der Waals surface area contributed by atoms with E-state index in [0.29, 0.717) is 6.42 Å². The summed E-state index contributed by atoms with van der Waals surface area (Å²) in [5, 5.41) is 9.01. The van der Waals surface area contributed by atoms with Crippen molar-refractivity contribution in [2.24, 2.45) is 5.92 Å². The summed E-state index contributed by atoms with van der Waals surface area (Å²) in [6.45, 7) is 3.23. The zero-order chi connectivity index (χ0) is 8.15. The lowest BCUT2D eigenvalue weighted by Crippen LogP contribution is -2.23. The molecule has 0 aromatic carbocycles. The molecule has 0 fully saturated rings. The van der Waals surface area contributed by atoms with Crippen molar-refractivity contribution in [1.82, 2.24) is 0 Å². The van der Waals surface area contributed by atoms with Crippen LogP contribution < -0.4 is 0 Å². The highest BCUT2D eigenvalue weighted by Gasteiger charge is 2.22. The first-order chi connectivity index (χ1) is 4.59. The minimum absolute atomic E-state index is 0.464. The van der Waals surface area contributed by atoms with E-state index in [4.69, 9.17) is 5.11 Å². The minimum atomic E-state index is -2.40. The Bertz CT molecular complexity index is 85.7. The van der Waals surface area contributed by atoms with Crippen molar-refractivity contribution in [1.29, 1.82) is 0 Å². The molecule has 0 aromatic rings. The second-order valence-corrected chi connectivity index (χ2v) is 2.55. The van der Waals surface area contributed by atoms with Gasteiger partial charge in [0.05, 0.1) is 6.10 Å². The molecule has 3 heteroatoms. The van der Waals surface area contributed by atoms with Gasteiger partial charge in [0.25, 0.3) is 0 Å². The Morgan fingerprint density at radius 1 is 1.40 bits per heavy atom. The van der Waals surface area contributed by atoms with Gasteiger partial charge in [0.2, 0.25) is 6.43 Å². The number of alkyl halides is 2. The third-order valence-electron chi connectivity index (χ3n) is 1.59. The first-order valence-corrected chi connectivity index (χ1v) is 3.55. The lowest BCUT2D eigenvalue weighted by Gasteiger charge is -2.16. The van der Waals surface area contributed by atoms with Gasteiger partial charge in [-0.3, -0.25) is 0 Å². The molecule has 0 bridgehead atoms. The van der Waals surface area contributed by atoms with Crippen LogP contribution in [0.5, 0.6) is 0 Å². The van der Waals surface area contributed by atoms with Gasteiger partial charge in [-0.2, -0.15) is 0 Å². The quantitative estimate of drug-likeness (QED) is 0.653. The molecule has 0 aliphatic heterocycles. The molecule has 0 saturated heterocycles. The van der Waals surface area contributed by atoms with Gasteiger partial charge in [-0.15, -0.1) is 0 Å². The lowest BCUT2D eigenvalue weighted by molar-refractivity contribution is -0.00196. The fourth-order valence-electron chi connectivity index (χ4n) is 0.727. The monoisotopic (exact) mass is 152 g/mol. The van der Waals surface area contributed by atoms with Gasteiger partial charge in [0, 0.05) is 5.92 Å². The summed E-state index contributed by atoms with van der Waals surface area (Å²) < 4.78 is 23.7. The Labute approximate surface area is 60.1 Å². The highest BCUT2D eigenvalue weighted by atomic mass is 19.3. The van der Waals surface area contributed by atoms with E-state index in [-0.39, 0.29) is 0 Å². The van der Waals surface area contributed by atoms with Crippen molar-refractivity contribution < 1.29 is 13.9 Å². The largest absolute Gasteiger partial charge is 0.393 e. The van der Waals surface area contributed by atoms with E-state index in [2.05, 4.69) is 0 Å². The van der Waals surface area contributed by atoms with Crippen molar-refractivity contribution in [2.45, 2.75) is 39.2 Å². The van der Waals surface area contributed by atoms with Gasteiger partial charge in [0.15, 0.2) is 0 Å². The molecule has 10 heavy (non-hydrogen) atoms. The van der Waals surface area contributed by atoms with Crippen LogP contribution in [-0.4, -0.2) is 17.6 Å². The van der Waals surface area contributed by atoms with Crippen LogP contribution in [0, 0.1) is 5.92 Å². The van der Waals surface area contributed by atoms with Crippen molar-refractivity contribution in [3.05, 3.63) is 0 Å². The van der Waals surface area contributed by atoms with Gasteiger partial charge < -0.3 is 5.11 Å². The van der Waals surface area contributed by atoms with Crippen LogP contribution >= 0.6 is 0 Å². The number of aliphatic hydroxyl groups excluding tert-OH is 1. The normalized spacial score (nSPS) is 17.4. The first kappa shape index (κ1) is 9.82. The predicted molar refractivity (Wildman–Crippen MR) is 36.1 cm³/mol. The Kier molecular flexibility index (Phi) is 4.52. The summed E-state index contributed by atoms with van der Waals surface area (Å²) in [4.78, 5) is 0. The average molecular weight is 152 g/mol. The molecule has 0 heterocycles. The predicted octanol–water partition coefficient (Wildman–Crippen LogP) is 2.05. The maximum atomic E-state index is 11.8. The van der Waals surface area contributed by atoms with E-state index in [9.17, 15) is 8.78 Å². The van der Waals surface area contributed by atoms with E-state index >= 15 is 0 Å². The van der Waals surface area contributed by atoms with Crippen molar-refractivity contribution in [3.63, 3.8) is 0 Å². The van der Waals surface area contributed by atoms with Crippen LogP contribution in [0.2, 0.25) is 0 Å². The van der Waals surface area contributed by atoms with Crippen LogP contribution in [0.15, 0.2) is 0 Å². The molecule has 0 saturated carbocycles. The molecule has 0 radical (unpaired) electrons. The fraction of sp³-hybridized carbons (Fsp3) is 1.00. The van der Waals surface area contributed by atoms with E-state index < -0.39 is 18.4 Å². The fourth-order valence-corrected chi connectivity index (χ4v) is 0.727. The molecule has 0 aliphatic carbocycles. The molecule has 0 rings (SSSR count). The number of rotatable bonds is 4. The lowest BCUT2D eigenvalue weighted by atomic mass is 10.0. The average Bonchev–Trinajstić information content (AvgIpc) is 1.87. The van der Waals surface area contributed by atoms with Crippen LogP contribution in [0.25, 0.3) is 0 Å². The highest BCUT2D eigenvalue weighted by molar-refractivity contribution is 4.65. The van der Waals surface area contributed by atoms with Gasteiger partial charge >= 0.3 is 0 Å². The first-order valence-electron chi connectivity index (χ1n) is 3.55. The maximum Gasteiger partial charge on any atom is 0.243 e. The number of hydrogen-bond donors (Lipinski definition) is 1. The Hall–Kier alpha value is -0.180. The molecule has 62 valence electrons. The van der Waals surface area contributed by atoms with Crippen molar-refractivity contribution in [3.8, 4) is 0 Å². The van der Waals surface area contributed by atoms with E-state index in [0.717, 1.165) is 6.42 Å². The van der Waals surface area contributed by atoms with Gasteiger partial charge in [0.1, 0.15) is 0 Å². The zero-order valence-electron chi connectivity index (χ0n) is 6.35. The summed E-state index contributed by atoms with van der Waals surface area (Å²) in [7, 11) is 0. The van der Waals surface area contributed by atoms with Gasteiger partial charge in [-0.05, 0) is 6.42 Å². The molecular weight excluding hydrogens is 138 g/mol. The van der Waals surface area contributed by atoms with Crippen molar-refractivity contribution in [2.75, 3.05) is 0 Å². The van der Waals surface area contributed by atoms with E-state index in [1.165, 1.54) is 6.92 Å². The molecule has 0 amide bonds. The van der Waals surface area contributed by atoms with Gasteiger partial charge in [-0.1, -0.05) is 20.3 Å². The highest BCUT2D eigenvalue weighted by Crippen LogP contribution is 2.16. The summed E-state index contributed by atoms with van der Waals surface area (Å²) in [5.74, 6) is -0.889. The molecule has 0 spiro atoms. The summed E-state index contributed by atoms with van der Waals surface area (Å²) >= 11 is 0. The standard InChI is InChI=1S/C7H14F2O/c1-3-4-6(10)5(2)7(8)9/h5-7,10H,3-4H2,1-2H3. The summed E-state index contributed by atoms with van der Waals surface area (Å²) in [6, 6.07) is 0. The SMILES string of the molecule is CCCC(O)C(C)C(F)F. The molecule has 1 N–H and O–H groups in total. The van der Waals surface area contributed by atoms with Crippen LogP contribution in [0.1, 0.15) is 26.7 Å². The van der Waals surface area contributed by atoms with Gasteiger partial charge in [-0.25, -0.2) is 8.78 Å². The third kappa shape index (κ3) is 3.11. The van der Waals surface area contributed by atoms with Crippen LogP contribution in [-0.2, 0) is 0 Å². The Balaban J connectivity index is 3.58. The van der Waals surface area contributed by atoms with E-state index in [1.807, 2.05) is 6.92 Å². The Morgan fingerprint density at radius 2 is 1.90 bits per heavy atom. The topological polar surface area (TPSA) is 20.2 Å². The number of aliphatic hydroxyl groups is 1. The molecule has 2 atom stereocenters. The molecule has 2 unspecified atom stereocenters. The smallest absolute Gasteiger partial charge is 0.243 e. The van der Waals surface area contributed by atoms with Crippen molar-refractivity contribution >= 4 is 0 Å². The van der Waals surface area contributed by atoms with Crippen LogP contribution in [0.4, 0.5) is 8.78 Å². The second-order valence-electron chi connectivity index (χ2n) is 2.55. The minimum Gasteiger partial charge on any atom is -0.393 e. The summed E-state index contributed by atoms with van der Waals surface area (Å²) in [5.41, 5.74) is 0. The molecule has 0 aliphatic rings. The second kappa shape index (κ2) is 4.61. The van der Waals surface area contributed by atoms with E-state index in [1.54, 1.807) is 0 Å². The van der Waals surface area contributed by atoms with Crippen LogP contribution in [0.3, 0.4) is 0 Å². The summed E-state index contributed by atoms with van der Waals surface area (Å²) in [6.07, 6.45) is -2.03. The molecule has 1 nitrogen and oxygen atoms in total. The number of hydrogen-bond acceptors (Lipinski definition) is 1. The zero-order valence-corrected chi connectivity index (χ0v) is 6.35. The maximum absolute atomic E-state index is 11.8.